The van der Waals surface area contributed by atoms with Crippen LogP contribution in [0.25, 0.3) is 16.8 Å². The van der Waals surface area contributed by atoms with Crippen LogP contribution in [-0.4, -0.2) is 102 Å². The Morgan fingerprint density at radius 2 is 1.93 bits per heavy atom. The van der Waals surface area contributed by atoms with Crippen LogP contribution in [0.3, 0.4) is 0 Å². The number of anilines is 2. The molecule has 7 N–H and O–H groups in total. The molecule has 4 aromatic heterocycles. The lowest BCUT2D eigenvalue weighted by molar-refractivity contribution is -0.0345. The van der Waals surface area contributed by atoms with Crippen molar-refractivity contribution >= 4 is 46.4 Å². The van der Waals surface area contributed by atoms with E-state index in [2.05, 4.69) is 29.8 Å². The number of fused-ring (bicyclic) bond motifs is 4. The molecular formula is C21H24FN10O10PS. The van der Waals surface area contributed by atoms with Crippen LogP contribution in [-0.2, 0) is 37.6 Å². The maximum Gasteiger partial charge on any atom is 0.472 e. The lowest BCUT2D eigenvalue weighted by atomic mass is 10.1. The van der Waals surface area contributed by atoms with E-state index in [4.69, 9.17) is 34.2 Å². The third-order valence-corrected chi connectivity index (χ3v) is 9.35. The van der Waals surface area contributed by atoms with Crippen molar-refractivity contribution in [1.82, 2.24) is 38.8 Å². The Hall–Kier alpha value is -3.44. The average molecular weight is 659 g/mol. The molecule has 7 heterocycles. The van der Waals surface area contributed by atoms with E-state index in [1.807, 2.05) is 0 Å². The van der Waals surface area contributed by atoms with Gasteiger partial charge in [-0.1, -0.05) is 0 Å². The summed E-state index contributed by atoms with van der Waals surface area (Å²) in [4.78, 5) is 26.6. The van der Waals surface area contributed by atoms with Crippen molar-refractivity contribution in [3.63, 3.8) is 0 Å². The number of aromatic nitrogens is 7. The number of imidazole rings is 2. The topological polar surface area (TPSA) is 276 Å². The molecule has 0 radical (unpaired) electrons. The fourth-order valence-electron chi connectivity index (χ4n) is 5.34. The van der Waals surface area contributed by atoms with Gasteiger partial charge in [0.05, 0.1) is 36.7 Å². The number of nitrogens with zero attached hydrogens (tertiary/aromatic N) is 7. The number of hydrogen-bond acceptors (Lipinski definition) is 16. The van der Waals surface area contributed by atoms with Gasteiger partial charge in [0.2, 0.25) is 0 Å². The molecule has 0 spiro atoms. The van der Waals surface area contributed by atoms with Crippen molar-refractivity contribution in [3.05, 3.63) is 36.8 Å². The number of phosphoric acid groups is 1. The predicted molar refractivity (Wildman–Crippen MR) is 142 cm³/mol. The van der Waals surface area contributed by atoms with E-state index >= 15 is 4.39 Å². The number of hydrogen-bond donors (Lipinski definition) is 5. The van der Waals surface area contributed by atoms with E-state index in [1.54, 1.807) is 0 Å². The number of nitrogens with one attached hydrogen (secondary N) is 1. The molecule has 0 aromatic carbocycles. The Kier molecular flexibility index (Phi) is 7.04. The Labute approximate surface area is 245 Å². The molecular weight excluding hydrogens is 634 g/mol. The van der Waals surface area contributed by atoms with Gasteiger partial charge in [0.25, 0.3) is 0 Å². The second kappa shape index (κ2) is 10.6. The molecule has 20 nitrogen and oxygen atoms in total. The zero-order chi connectivity index (χ0) is 31.0. The van der Waals surface area contributed by atoms with Crippen molar-refractivity contribution < 1.29 is 50.1 Å². The highest BCUT2D eigenvalue weighted by molar-refractivity contribution is 7.84. The van der Waals surface area contributed by atoms with Crippen LogP contribution < -0.4 is 16.2 Å². The molecule has 44 heavy (non-hydrogen) atoms. The Balaban J connectivity index is 1.17. The summed E-state index contributed by atoms with van der Waals surface area (Å²) in [6.45, 7) is -1.49. The number of rotatable bonds is 2. The number of aliphatic hydroxyl groups excluding tert-OH is 1. The fraction of sp³-hybridized carbons (Fsp3) is 0.476. The Bertz CT molecular complexity index is 1900. The van der Waals surface area contributed by atoms with Crippen molar-refractivity contribution in [2.75, 3.05) is 24.6 Å². The van der Waals surface area contributed by atoms with Gasteiger partial charge in [0, 0.05) is 6.54 Å². The summed E-state index contributed by atoms with van der Waals surface area (Å²) < 4.78 is 86.6. The average Bonchev–Trinajstić information content (AvgIpc) is 3.73. The quantitative estimate of drug-likeness (QED) is 0.153. The summed E-state index contributed by atoms with van der Waals surface area (Å²) in [7, 11) is -9.75. The van der Waals surface area contributed by atoms with Gasteiger partial charge in [-0.25, -0.2) is 37.6 Å². The summed E-state index contributed by atoms with van der Waals surface area (Å²) in [5, 5.41) is 15.3. The zero-order valence-corrected chi connectivity index (χ0v) is 23.8. The molecule has 0 bridgehead atoms. The first-order chi connectivity index (χ1) is 20.9. The van der Waals surface area contributed by atoms with E-state index in [0.29, 0.717) is 0 Å². The van der Waals surface area contributed by atoms with Crippen LogP contribution in [0.5, 0.6) is 0 Å². The minimum absolute atomic E-state index is 0.0158. The van der Waals surface area contributed by atoms with Crippen molar-refractivity contribution in [1.29, 1.82) is 0 Å². The van der Waals surface area contributed by atoms with Crippen LogP contribution in [0.1, 0.15) is 18.0 Å². The number of nitrogens with two attached hydrogens (primary N) is 2. The van der Waals surface area contributed by atoms with Crippen LogP contribution in [0.4, 0.5) is 15.9 Å². The molecule has 23 heteroatoms. The highest BCUT2D eigenvalue weighted by Crippen LogP contribution is 2.50. The molecule has 7 rings (SSSR count). The largest absolute Gasteiger partial charge is 0.472 e. The number of alkyl halides is 1. The lowest BCUT2D eigenvalue weighted by Crippen LogP contribution is -2.45. The minimum Gasteiger partial charge on any atom is -0.396 e. The number of aliphatic hydroxyl groups is 1. The maximum absolute atomic E-state index is 15.9. The molecule has 3 aliphatic rings. The predicted octanol–water partition coefficient (Wildman–Crippen LogP) is -1.49. The van der Waals surface area contributed by atoms with Gasteiger partial charge in [0.15, 0.2) is 29.5 Å². The van der Waals surface area contributed by atoms with Gasteiger partial charge < -0.3 is 30.9 Å². The maximum atomic E-state index is 15.9. The van der Waals surface area contributed by atoms with Crippen molar-refractivity contribution in [2.24, 2.45) is 0 Å². The highest BCUT2D eigenvalue weighted by Gasteiger charge is 2.53. The first-order valence-electron chi connectivity index (χ1n) is 12.9. The third-order valence-electron chi connectivity index (χ3n) is 7.37. The molecule has 4 aromatic rings. The van der Waals surface area contributed by atoms with Gasteiger partial charge in [-0.3, -0.25) is 13.6 Å². The van der Waals surface area contributed by atoms with Gasteiger partial charge in [-0.05, 0) is 6.07 Å². The van der Waals surface area contributed by atoms with Crippen LogP contribution >= 0.6 is 7.82 Å². The van der Waals surface area contributed by atoms with Crippen molar-refractivity contribution in [3.8, 4) is 0 Å². The number of ether oxygens (including phenoxy) is 2. The molecule has 9 atom stereocenters. The molecule has 3 fully saturated rings. The van der Waals surface area contributed by atoms with Gasteiger partial charge in [-0.2, -0.15) is 18.2 Å². The van der Waals surface area contributed by atoms with Gasteiger partial charge in [0.1, 0.15) is 48.5 Å². The monoisotopic (exact) mass is 658 g/mol. The van der Waals surface area contributed by atoms with Gasteiger partial charge in [-0.15, -0.1) is 0 Å². The van der Waals surface area contributed by atoms with Crippen LogP contribution in [0, 0.1) is 0 Å². The lowest BCUT2D eigenvalue weighted by Gasteiger charge is -2.26. The molecule has 3 aliphatic heterocycles. The molecule has 3 saturated heterocycles. The van der Waals surface area contributed by atoms with E-state index in [9.17, 15) is 23.0 Å². The molecule has 0 aliphatic carbocycles. The first-order valence-corrected chi connectivity index (χ1v) is 15.8. The summed E-state index contributed by atoms with van der Waals surface area (Å²) >= 11 is 0. The smallest absolute Gasteiger partial charge is 0.396 e. The second-order valence-electron chi connectivity index (χ2n) is 10.1. The van der Waals surface area contributed by atoms with Gasteiger partial charge >= 0.3 is 18.1 Å². The SMILES string of the molecule is Nc1ncnc2c1ncn2[C@@H]1O[C@@H]2CNS(=O)(=O)O[C@H]3[C@@H](O)[C@H](c4cnc5c(N)ccnn45)O[C@@H]3COP(=O)(O)O[C@H]2[C@H]1F. The second-order valence-corrected chi connectivity index (χ2v) is 12.9. The number of nitrogen functional groups attached to an aromatic ring is 2. The fourth-order valence-corrected chi connectivity index (χ4v) is 7.27. The van der Waals surface area contributed by atoms with Crippen LogP contribution in [0.15, 0.2) is 31.1 Å². The number of halogens is 1. The van der Waals surface area contributed by atoms with E-state index in [-0.39, 0.29) is 34.0 Å². The van der Waals surface area contributed by atoms with Crippen molar-refractivity contribution in [2.45, 2.75) is 49.0 Å². The normalized spacial score (nSPS) is 36.1. The molecule has 236 valence electrons. The molecule has 0 amide bonds. The Morgan fingerprint density at radius 1 is 1.11 bits per heavy atom. The summed E-state index contributed by atoms with van der Waals surface area (Å²) in [6.07, 6.45) is -8.00. The Morgan fingerprint density at radius 3 is 2.75 bits per heavy atom. The standard InChI is InChI=1S/C21H24FN10O10PS/c22-12-16-10(40-21(12)31-7-28-13-18(24)26-6-27-20(13)31)4-30-44(36,37)42-17-11(5-38-43(34,35)41-16)39-15(14(17)33)9-3-25-19-8(23)1-2-29-32(9)19/h1-3,6-7,10-12,14-17,21,30,33H,4-5,23H2,(H,34,35)(H2,24,26,27)/t10-,11-,12-,14+,15+,16-,17-,21-/m1/s1. The zero-order valence-electron chi connectivity index (χ0n) is 22.1. The number of phosphoric ester groups is 1. The molecule has 1 unspecified atom stereocenters. The molecule has 0 saturated carbocycles. The minimum atomic E-state index is -5.06. The third kappa shape index (κ3) is 4.98. The summed E-state index contributed by atoms with van der Waals surface area (Å²) in [6, 6.07) is 1.50. The summed E-state index contributed by atoms with van der Waals surface area (Å²) in [5.41, 5.74) is 12.7. The first kappa shape index (κ1) is 29.3. The van der Waals surface area contributed by atoms with E-state index in [0.717, 1.165) is 10.9 Å². The summed E-state index contributed by atoms with van der Waals surface area (Å²) in [5.74, 6) is 0.0158. The van der Waals surface area contributed by atoms with E-state index < -0.39 is 80.3 Å². The highest BCUT2D eigenvalue weighted by atomic mass is 32.2. The van der Waals surface area contributed by atoms with Crippen LogP contribution in [0.2, 0.25) is 0 Å². The van der Waals surface area contributed by atoms with E-state index in [1.165, 1.54) is 29.3 Å².